The number of carbonyl (C=O) groups is 2. The molecule has 0 aliphatic heterocycles. The molecule has 1 heterocycles. The number of rotatable bonds is 5. The molecule has 1 aromatic rings. The average Bonchev–Trinajstić information content (AvgIpc) is 2.35. The molecular formula is C12H17ClN4O2. The number of likely N-dealkylation sites (N-methyl/N-ethyl adjacent to an activating group) is 1. The molecule has 0 aliphatic rings. The van der Waals surface area contributed by atoms with Crippen LogP contribution in [0.1, 0.15) is 24.3 Å². The van der Waals surface area contributed by atoms with E-state index in [1.54, 1.807) is 0 Å². The first-order chi connectivity index (χ1) is 8.90. The van der Waals surface area contributed by atoms with Crippen molar-refractivity contribution >= 4 is 23.4 Å². The Bertz CT molecular complexity index is 465. The molecular weight excluding hydrogens is 268 g/mol. The van der Waals surface area contributed by atoms with E-state index in [4.69, 9.17) is 11.6 Å². The Morgan fingerprint density at radius 3 is 2.68 bits per heavy atom. The lowest BCUT2D eigenvalue weighted by Crippen LogP contribution is -2.39. The maximum absolute atomic E-state index is 12.0. The van der Waals surface area contributed by atoms with Gasteiger partial charge in [-0.05, 0) is 5.92 Å². The van der Waals surface area contributed by atoms with Crippen molar-refractivity contribution in [3.05, 3.63) is 23.2 Å². The van der Waals surface area contributed by atoms with Crippen LogP contribution < -0.4 is 5.32 Å². The van der Waals surface area contributed by atoms with Crippen LogP contribution in [-0.2, 0) is 4.79 Å². The zero-order valence-electron chi connectivity index (χ0n) is 11.2. The molecule has 0 aromatic carbocycles. The van der Waals surface area contributed by atoms with Gasteiger partial charge in [0.15, 0.2) is 0 Å². The van der Waals surface area contributed by atoms with Gasteiger partial charge in [-0.1, -0.05) is 25.4 Å². The molecule has 1 N–H and O–H groups in total. The van der Waals surface area contributed by atoms with E-state index in [1.807, 2.05) is 13.8 Å². The zero-order valence-corrected chi connectivity index (χ0v) is 11.9. The first kappa shape index (κ1) is 15.4. The van der Waals surface area contributed by atoms with Crippen molar-refractivity contribution < 1.29 is 9.59 Å². The van der Waals surface area contributed by atoms with Gasteiger partial charge in [0.25, 0.3) is 5.91 Å². The topological polar surface area (TPSA) is 75.2 Å². The van der Waals surface area contributed by atoms with Gasteiger partial charge in [0.1, 0.15) is 10.8 Å². The predicted octanol–water partition coefficient (Wildman–Crippen LogP) is 0.974. The van der Waals surface area contributed by atoms with E-state index in [9.17, 15) is 9.59 Å². The van der Waals surface area contributed by atoms with Crippen LogP contribution >= 0.6 is 11.6 Å². The molecule has 0 unspecified atom stereocenters. The third kappa shape index (κ3) is 5.21. The number of hydrogen-bond donors (Lipinski definition) is 1. The molecule has 7 heteroatoms. The van der Waals surface area contributed by atoms with Gasteiger partial charge in [0.05, 0.1) is 18.9 Å². The van der Waals surface area contributed by atoms with Crippen molar-refractivity contribution in [3.63, 3.8) is 0 Å². The van der Waals surface area contributed by atoms with Gasteiger partial charge in [0.2, 0.25) is 5.91 Å². The molecule has 0 atom stereocenters. The maximum Gasteiger partial charge on any atom is 0.274 e. The minimum atomic E-state index is -0.394. The lowest BCUT2D eigenvalue weighted by molar-refractivity contribution is -0.121. The molecule has 0 saturated carbocycles. The molecule has 6 nitrogen and oxygen atoms in total. The van der Waals surface area contributed by atoms with Crippen LogP contribution in [-0.4, -0.2) is 46.8 Å². The van der Waals surface area contributed by atoms with Crippen molar-refractivity contribution in [1.29, 1.82) is 0 Å². The summed E-state index contributed by atoms with van der Waals surface area (Å²) < 4.78 is 0. The second-order valence-electron chi connectivity index (χ2n) is 4.59. The number of hydrogen-bond acceptors (Lipinski definition) is 4. The number of carbonyl (C=O) groups excluding carboxylic acids is 2. The third-order valence-corrected chi connectivity index (χ3v) is 2.44. The highest BCUT2D eigenvalue weighted by Crippen LogP contribution is 2.04. The Hall–Kier alpha value is -1.69. The van der Waals surface area contributed by atoms with E-state index >= 15 is 0 Å². The summed E-state index contributed by atoms with van der Waals surface area (Å²) in [5.74, 6) is -0.238. The fraction of sp³-hybridized carbons (Fsp3) is 0.500. The van der Waals surface area contributed by atoms with Crippen LogP contribution in [0.3, 0.4) is 0 Å². The molecule has 0 spiro atoms. The summed E-state index contributed by atoms with van der Waals surface area (Å²) in [6.45, 7) is 4.55. The van der Waals surface area contributed by atoms with Crippen molar-refractivity contribution in [3.8, 4) is 0 Å². The van der Waals surface area contributed by atoms with E-state index in [1.165, 1.54) is 24.3 Å². The highest BCUT2D eigenvalue weighted by atomic mass is 35.5. The summed E-state index contributed by atoms with van der Waals surface area (Å²) in [4.78, 5) is 32.5. The Morgan fingerprint density at radius 2 is 2.11 bits per heavy atom. The Balaban J connectivity index is 2.55. The quantitative estimate of drug-likeness (QED) is 0.874. The van der Waals surface area contributed by atoms with Crippen molar-refractivity contribution in [1.82, 2.24) is 20.2 Å². The van der Waals surface area contributed by atoms with Crippen LogP contribution in [0, 0.1) is 5.92 Å². The number of halogens is 1. The van der Waals surface area contributed by atoms with Gasteiger partial charge in [-0.2, -0.15) is 0 Å². The summed E-state index contributed by atoms with van der Waals surface area (Å²) in [5.41, 5.74) is 0.117. The van der Waals surface area contributed by atoms with Gasteiger partial charge in [0, 0.05) is 13.6 Å². The van der Waals surface area contributed by atoms with Gasteiger partial charge in [-0.15, -0.1) is 0 Å². The maximum atomic E-state index is 12.0. The second-order valence-corrected chi connectivity index (χ2v) is 4.97. The minimum absolute atomic E-state index is 0.0280. The van der Waals surface area contributed by atoms with Crippen molar-refractivity contribution in [2.75, 3.05) is 20.1 Å². The summed E-state index contributed by atoms with van der Waals surface area (Å²) in [5, 5.41) is 2.88. The number of aromatic nitrogens is 2. The monoisotopic (exact) mass is 284 g/mol. The van der Waals surface area contributed by atoms with E-state index in [0.29, 0.717) is 12.5 Å². The smallest absolute Gasteiger partial charge is 0.274 e. The summed E-state index contributed by atoms with van der Waals surface area (Å²) in [6, 6.07) is 0. The summed E-state index contributed by atoms with van der Waals surface area (Å²) >= 11 is 5.66. The van der Waals surface area contributed by atoms with Gasteiger partial charge >= 0.3 is 0 Å². The zero-order chi connectivity index (χ0) is 14.4. The highest BCUT2D eigenvalue weighted by molar-refractivity contribution is 6.29. The molecule has 1 aromatic heterocycles. The van der Waals surface area contributed by atoms with E-state index in [0.717, 1.165) is 0 Å². The molecule has 0 fully saturated rings. The molecule has 0 saturated heterocycles. The third-order valence-electron chi connectivity index (χ3n) is 2.26. The van der Waals surface area contributed by atoms with Crippen LogP contribution in [0.15, 0.2) is 12.4 Å². The molecule has 0 radical (unpaired) electrons. The number of nitrogens with one attached hydrogen (secondary N) is 1. The Labute approximate surface area is 117 Å². The molecule has 19 heavy (non-hydrogen) atoms. The molecule has 2 amide bonds. The SMILES string of the molecule is CC(C)CNC(=O)CN(C)C(=O)c1cncc(Cl)n1. The standard InChI is InChI=1S/C12H17ClN4O2/c1-8(2)4-15-11(18)7-17(3)12(19)9-5-14-6-10(13)16-9/h5-6,8H,4,7H2,1-3H3,(H,15,18). The van der Waals surface area contributed by atoms with Gasteiger partial charge < -0.3 is 10.2 Å². The van der Waals surface area contributed by atoms with Crippen LogP contribution in [0.2, 0.25) is 5.15 Å². The Morgan fingerprint density at radius 1 is 1.42 bits per heavy atom. The normalized spacial score (nSPS) is 10.4. The van der Waals surface area contributed by atoms with Gasteiger partial charge in [-0.25, -0.2) is 4.98 Å². The Kier molecular flexibility index (Phi) is 5.69. The van der Waals surface area contributed by atoms with E-state index < -0.39 is 5.91 Å². The molecule has 0 bridgehead atoms. The largest absolute Gasteiger partial charge is 0.354 e. The van der Waals surface area contributed by atoms with Crippen molar-refractivity contribution in [2.24, 2.45) is 5.92 Å². The summed E-state index contributed by atoms with van der Waals surface area (Å²) in [6.07, 6.45) is 2.66. The minimum Gasteiger partial charge on any atom is -0.354 e. The predicted molar refractivity (Wildman–Crippen MR) is 71.9 cm³/mol. The van der Waals surface area contributed by atoms with Crippen LogP contribution in [0.5, 0.6) is 0 Å². The lowest BCUT2D eigenvalue weighted by Gasteiger charge is -2.16. The lowest BCUT2D eigenvalue weighted by atomic mass is 10.2. The molecule has 0 aliphatic carbocycles. The van der Waals surface area contributed by atoms with E-state index in [2.05, 4.69) is 15.3 Å². The first-order valence-electron chi connectivity index (χ1n) is 5.90. The highest BCUT2D eigenvalue weighted by Gasteiger charge is 2.16. The molecule has 1 rings (SSSR count). The molecule has 104 valence electrons. The number of amides is 2. The van der Waals surface area contributed by atoms with Crippen molar-refractivity contribution in [2.45, 2.75) is 13.8 Å². The average molecular weight is 285 g/mol. The van der Waals surface area contributed by atoms with Gasteiger partial charge in [-0.3, -0.25) is 14.6 Å². The fourth-order valence-electron chi connectivity index (χ4n) is 1.30. The van der Waals surface area contributed by atoms with E-state index in [-0.39, 0.29) is 23.3 Å². The summed E-state index contributed by atoms with van der Waals surface area (Å²) in [7, 11) is 1.53. The second kappa shape index (κ2) is 7.04. The number of nitrogens with zero attached hydrogens (tertiary/aromatic N) is 3. The first-order valence-corrected chi connectivity index (χ1v) is 6.27. The van der Waals surface area contributed by atoms with Crippen LogP contribution in [0.25, 0.3) is 0 Å². The fourth-order valence-corrected chi connectivity index (χ4v) is 1.45. The van der Waals surface area contributed by atoms with Crippen LogP contribution in [0.4, 0.5) is 0 Å².